The van der Waals surface area contributed by atoms with E-state index in [9.17, 15) is 5.11 Å². The maximum Gasteiger partial charge on any atom is 2.00 e. The molecule has 3 aromatic carbocycles. The molecule has 96 valence electrons. The van der Waals surface area contributed by atoms with Crippen LogP contribution in [-0.4, -0.2) is 5.11 Å². The summed E-state index contributed by atoms with van der Waals surface area (Å²) in [5.41, 5.74) is 0. The summed E-state index contributed by atoms with van der Waals surface area (Å²) in [5, 5.41) is 13.9. The van der Waals surface area contributed by atoms with E-state index in [0.717, 1.165) is 21.5 Å². The van der Waals surface area contributed by atoms with Crippen molar-refractivity contribution in [1.82, 2.24) is 0 Å². The Balaban J connectivity index is 0.000000963. The monoisotopic (exact) mass is 553 g/mol. The standard InChI is InChI=1S/C14H9O.2HI.Pd/c15-14-9-10-5-1-2-6-11(10)12-7-3-4-8-13(12)14;;;/h1-7,9,15H;2*1H;/q-1;;;+2/p-2. The molecule has 0 spiro atoms. The van der Waals surface area contributed by atoms with Gasteiger partial charge in [-0.05, 0) is 5.39 Å². The summed E-state index contributed by atoms with van der Waals surface area (Å²) in [6, 6.07) is 18.7. The second kappa shape index (κ2) is 7.63. The zero-order chi connectivity index (χ0) is 10.3. The van der Waals surface area contributed by atoms with Crippen LogP contribution < -0.4 is 48.0 Å². The molecule has 0 atom stereocenters. The molecule has 0 unspecified atom stereocenters. The average molecular weight is 553 g/mol. The van der Waals surface area contributed by atoms with Crippen LogP contribution in [0.3, 0.4) is 0 Å². The van der Waals surface area contributed by atoms with Gasteiger partial charge in [0.1, 0.15) is 0 Å². The molecule has 0 aliphatic rings. The molecule has 1 N–H and O–H groups in total. The molecule has 0 heterocycles. The third-order valence-corrected chi connectivity index (χ3v) is 2.66. The molecule has 0 saturated heterocycles. The summed E-state index contributed by atoms with van der Waals surface area (Å²) in [4.78, 5) is 0. The smallest absolute Gasteiger partial charge is 1.00 e. The molecule has 0 radical (unpaired) electrons. The molecular weight excluding hydrogens is 544 g/mol. The molecule has 3 rings (SSSR count). The maximum absolute atomic E-state index is 9.84. The van der Waals surface area contributed by atoms with Gasteiger partial charge in [-0.2, -0.15) is 0 Å². The van der Waals surface area contributed by atoms with Gasteiger partial charge in [-0.15, -0.1) is 29.7 Å². The summed E-state index contributed by atoms with van der Waals surface area (Å²) in [7, 11) is 0. The largest absolute Gasteiger partial charge is 2.00 e. The predicted octanol–water partition coefficient (Wildman–Crippen LogP) is -2.50. The first-order valence-corrected chi connectivity index (χ1v) is 4.87. The van der Waals surface area contributed by atoms with Crippen LogP contribution in [-0.2, 0) is 20.4 Å². The zero-order valence-corrected chi connectivity index (χ0v) is 15.0. The molecule has 0 aliphatic heterocycles. The predicted molar refractivity (Wildman–Crippen MR) is 62.0 cm³/mol. The van der Waals surface area contributed by atoms with E-state index in [0.29, 0.717) is 5.75 Å². The Labute approximate surface area is 154 Å². The van der Waals surface area contributed by atoms with Gasteiger partial charge in [-0.25, -0.2) is 0 Å². The van der Waals surface area contributed by atoms with Crippen LogP contribution >= 0.6 is 0 Å². The minimum absolute atomic E-state index is 0. The minimum atomic E-state index is 0. The van der Waals surface area contributed by atoms with E-state index in [1.54, 1.807) is 6.07 Å². The Kier molecular flexibility index (Phi) is 7.68. The van der Waals surface area contributed by atoms with Crippen molar-refractivity contribution in [3.05, 3.63) is 54.6 Å². The van der Waals surface area contributed by atoms with Crippen molar-refractivity contribution >= 4 is 21.5 Å². The Hall–Kier alpha value is 0.102. The molecule has 0 bridgehead atoms. The van der Waals surface area contributed by atoms with Crippen LogP contribution in [0.1, 0.15) is 0 Å². The van der Waals surface area contributed by atoms with E-state index in [1.165, 1.54) is 0 Å². The minimum Gasteiger partial charge on any atom is -1.00 e. The van der Waals surface area contributed by atoms with Crippen molar-refractivity contribution in [3.63, 3.8) is 0 Å². The van der Waals surface area contributed by atoms with Crippen molar-refractivity contribution in [2.24, 2.45) is 0 Å². The number of benzene rings is 3. The number of aromatic hydroxyl groups is 1. The van der Waals surface area contributed by atoms with Crippen LogP contribution in [0.2, 0.25) is 0 Å². The normalized spacial score (nSPS) is 9.11. The number of rotatable bonds is 0. The SMILES string of the molecule is Oc1cc2ccccc2c2ccc[c-]c12.[I-].[I-].[Pd+2]. The summed E-state index contributed by atoms with van der Waals surface area (Å²) in [5.74, 6) is 0.296. The quantitative estimate of drug-likeness (QED) is 0.142. The van der Waals surface area contributed by atoms with E-state index in [4.69, 9.17) is 0 Å². The first-order chi connectivity index (χ1) is 7.36. The second-order valence-electron chi connectivity index (χ2n) is 3.58. The molecule has 0 amide bonds. The van der Waals surface area contributed by atoms with Crippen LogP contribution in [0, 0.1) is 6.07 Å². The fraction of sp³-hybridized carbons (Fsp3) is 0. The fourth-order valence-corrected chi connectivity index (χ4v) is 1.96. The van der Waals surface area contributed by atoms with E-state index < -0.39 is 0 Å². The topological polar surface area (TPSA) is 20.2 Å². The summed E-state index contributed by atoms with van der Waals surface area (Å²) >= 11 is 0. The van der Waals surface area contributed by atoms with Crippen molar-refractivity contribution in [2.45, 2.75) is 0 Å². The molecule has 0 aliphatic carbocycles. The fourth-order valence-electron chi connectivity index (χ4n) is 1.96. The third-order valence-electron chi connectivity index (χ3n) is 2.66. The van der Waals surface area contributed by atoms with E-state index >= 15 is 0 Å². The van der Waals surface area contributed by atoms with Gasteiger partial charge < -0.3 is 53.1 Å². The molecule has 0 fully saturated rings. The molecule has 0 saturated carbocycles. The molecule has 0 aromatic heterocycles. The summed E-state index contributed by atoms with van der Waals surface area (Å²) in [6.07, 6.45) is 0. The van der Waals surface area contributed by atoms with Gasteiger partial charge in [-0.3, -0.25) is 0 Å². The number of phenols is 1. The number of hydrogen-bond acceptors (Lipinski definition) is 1. The Bertz CT molecular complexity index is 655. The van der Waals surface area contributed by atoms with E-state index in [-0.39, 0.29) is 68.4 Å². The first kappa shape index (κ1) is 18.1. The molecule has 4 heteroatoms. The van der Waals surface area contributed by atoms with Crippen LogP contribution in [0.5, 0.6) is 5.75 Å². The van der Waals surface area contributed by atoms with Gasteiger partial charge in [0.2, 0.25) is 0 Å². The number of phenolic OH excluding ortho intramolecular Hbond substituents is 1. The number of fused-ring (bicyclic) bond motifs is 3. The van der Waals surface area contributed by atoms with E-state index in [1.807, 2.05) is 36.4 Å². The van der Waals surface area contributed by atoms with Crippen molar-refractivity contribution in [2.75, 3.05) is 0 Å². The summed E-state index contributed by atoms with van der Waals surface area (Å²) < 4.78 is 0. The number of hydrogen-bond donors (Lipinski definition) is 1. The van der Waals surface area contributed by atoms with Crippen LogP contribution in [0.25, 0.3) is 21.5 Å². The van der Waals surface area contributed by atoms with Crippen molar-refractivity contribution in [3.8, 4) is 5.75 Å². The van der Waals surface area contributed by atoms with Crippen molar-refractivity contribution in [1.29, 1.82) is 0 Å². The van der Waals surface area contributed by atoms with Crippen molar-refractivity contribution < 1.29 is 73.5 Å². The van der Waals surface area contributed by atoms with Gasteiger partial charge in [-0.1, -0.05) is 41.1 Å². The first-order valence-electron chi connectivity index (χ1n) is 4.87. The Morgan fingerprint density at radius 2 is 1.56 bits per heavy atom. The molecular formula is C14H9I2OPd-. The molecule has 1 nitrogen and oxygen atoms in total. The second-order valence-corrected chi connectivity index (χ2v) is 3.58. The maximum atomic E-state index is 9.84. The van der Waals surface area contributed by atoms with E-state index in [2.05, 4.69) is 12.1 Å². The van der Waals surface area contributed by atoms with Gasteiger partial charge in [0.15, 0.2) is 0 Å². The van der Waals surface area contributed by atoms with Crippen LogP contribution in [0.15, 0.2) is 48.5 Å². The molecule has 3 aromatic rings. The third kappa shape index (κ3) is 3.16. The molecule has 18 heavy (non-hydrogen) atoms. The van der Waals surface area contributed by atoms with Gasteiger partial charge in [0.05, 0.1) is 0 Å². The van der Waals surface area contributed by atoms with Gasteiger partial charge in [0, 0.05) is 5.75 Å². The Morgan fingerprint density at radius 1 is 0.889 bits per heavy atom. The van der Waals surface area contributed by atoms with Gasteiger partial charge in [0.25, 0.3) is 0 Å². The van der Waals surface area contributed by atoms with Crippen LogP contribution in [0.4, 0.5) is 0 Å². The van der Waals surface area contributed by atoms with Gasteiger partial charge >= 0.3 is 20.4 Å². The zero-order valence-electron chi connectivity index (χ0n) is 9.14. The Morgan fingerprint density at radius 3 is 2.33 bits per heavy atom. The summed E-state index contributed by atoms with van der Waals surface area (Å²) in [6.45, 7) is 0. The average Bonchev–Trinajstić information content (AvgIpc) is 2.30. The number of halogens is 2.